The number of rotatable bonds is 39. The van der Waals surface area contributed by atoms with E-state index in [1.807, 2.05) is 36.5 Å². The molecule has 10 heteroatoms. The molecule has 0 spiro atoms. The second kappa shape index (κ2) is 38.5. The molecule has 0 fully saturated rings. The van der Waals surface area contributed by atoms with Crippen molar-refractivity contribution in [1.29, 1.82) is 0 Å². The van der Waals surface area contributed by atoms with E-state index in [0.29, 0.717) is 25.7 Å². The Kier molecular flexibility index (Phi) is 36.9. The molecule has 1 atom stereocenters. The van der Waals surface area contributed by atoms with Crippen LogP contribution in [0.5, 0.6) is 0 Å². The van der Waals surface area contributed by atoms with Crippen molar-refractivity contribution >= 4 is 25.5 Å². The molecule has 0 amide bonds. The summed E-state index contributed by atoms with van der Waals surface area (Å²) >= 11 is 0. The molecule has 0 aromatic carbocycles. The van der Waals surface area contributed by atoms with Gasteiger partial charge in [0.05, 0.1) is 6.61 Å². The van der Waals surface area contributed by atoms with Gasteiger partial charge in [-0.1, -0.05) is 179 Å². The van der Waals surface area contributed by atoms with Crippen molar-refractivity contribution in [3.8, 4) is 0 Å². The fraction of sp³-hybridized carbons (Fsp3) is 0.756. The fourth-order valence-electron chi connectivity index (χ4n) is 5.98. The first-order valence-corrected chi connectivity index (χ1v) is 23.3. The topological polar surface area (TPSA) is 136 Å². The van der Waals surface area contributed by atoms with Crippen LogP contribution < -0.4 is 0 Å². The minimum atomic E-state index is -4.78. The Bertz CT molecular complexity index is 1110. The largest absolute Gasteiger partial charge is 0.469 e. The Labute approximate surface area is 335 Å². The van der Waals surface area contributed by atoms with Crippen molar-refractivity contribution in [2.24, 2.45) is 5.92 Å². The number of carbonyl (C=O) groups excluding carboxylic acids is 3. The van der Waals surface area contributed by atoms with Crippen LogP contribution >= 0.6 is 7.82 Å². The number of hydrogen-bond donors (Lipinski definition) is 2. The molecular formula is C45H79O9P. The van der Waals surface area contributed by atoms with E-state index < -0.39 is 32.5 Å². The maximum absolute atomic E-state index is 12.4. The number of phosphoric acid groups is 1. The summed E-state index contributed by atoms with van der Waals surface area (Å²) in [5.41, 5.74) is 0. The van der Waals surface area contributed by atoms with Crippen LogP contribution in [0, 0.1) is 5.92 Å². The van der Waals surface area contributed by atoms with E-state index in [-0.39, 0.29) is 25.2 Å². The zero-order valence-corrected chi connectivity index (χ0v) is 35.9. The van der Waals surface area contributed by atoms with Gasteiger partial charge in [0.2, 0.25) is 0 Å². The van der Waals surface area contributed by atoms with E-state index in [0.717, 1.165) is 57.3 Å². The molecule has 55 heavy (non-hydrogen) atoms. The molecule has 0 saturated heterocycles. The minimum absolute atomic E-state index is 0.110. The van der Waals surface area contributed by atoms with Gasteiger partial charge in [0.15, 0.2) is 11.9 Å². The van der Waals surface area contributed by atoms with Gasteiger partial charge in [0, 0.05) is 19.3 Å². The van der Waals surface area contributed by atoms with Gasteiger partial charge in [-0.2, -0.15) is 0 Å². The summed E-state index contributed by atoms with van der Waals surface area (Å²) in [6.07, 6.45) is 42.5. The van der Waals surface area contributed by atoms with Crippen molar-refractivity contribution in [3.05, 3.63) is 48.6 Å². The normalized spacial score (nSPS) is 12.9. The van der Waals surface area contributed by atoms with Crippen LogP contribution in [0.4, 0.5) is 0 Å². The highest BCUT2D eigenvalue weighted by Gasteiger charge is 2.22. The van der Waals surface area contributed by atoms with Crippen LogP contribution in [-0.4, -0.2) is 46.8 Å². The van der Waals surface area contributed by atoms with Gasteiger partial charge in [-0.3, -0.25) is 18.9 Å². The Morgan fingerprint density at radius 1 is 0.582 bits per heavy atom. The molecule has 0 unspecified atom stereocenters. The first kappa shape index (κ1) is 52.7. The van der Waals surface area contributed by atoms with Crippen LogP contribution in [0.1, 0.15) is 194 Å². The number of phosphoric ester groups is 1. The minimum Gasteiger partial charge on any atom is -0.462 e. The summed E-state index contributed by atoms with van der Waals surface area (Å²) < 4.78 is 26.3. The van der Waals surface area contributed by atoms with Crippen LogP contribution in [0.25, 0.3) is 0 Å². The lowest BCUT2D eigenvalue weighted by atomic mass is 10.0. The summed E-state index contributed by atoms with van der Waals surface area (Å²) in [6, 6.07) is 0. The zero-order valence-electron chi connectivity index (χ0n) is 35.0. The smallest absolute Gasteiger partial charge is 0.462 e. The molecule has 0 aliphatic carbocycles. The van der Waals surface area contributed by atoms with E-state index in [2.05, 4.69) is 25.3 Å². The summed E-state index contributed by atoms with van der Waals surface area (Å²) in [4.78, 5) is 54.5. The lowest BCUT2D eigenvalue weighted by Crippen LogP contribution is -2.29. The van der Waals surface area contributed by atoms with E-state index in [4.69, 9.17) is 19.3 Å². The maximum Gasteiger partial charge on any atom is 0.469 e. The molecular weight excluding hydrogens is 715 g/mol. The average Bonchev–Trinajstić information content (AvgIpc) is 3.13. The Morgan fingerprint density at radius 2 is 1.09 bits per heavy atom. The number of hydrogen-bond acceptors (Lipinski definition) is 7. The van der Waals surface area contributed by atoms with Gasteiger partial charge in [-0.15, -0.1) is 0 Å². The molecule has 0 aliphatic heterocycles. The van der Waals surface area contributed by atoms with Gasteiger partial charge in [-0.25, -0.2) is 4.57 Å². The van der Waals surface area contributed by atoms with Gasteiger partial charge in [-0.05, 0) is 50.5 Å². The number of ketones is 1. The molecule has 0 saturated carbocycles. The van der Waals surface area contributed by atoms with Gasteiger partial charge < -0.3 is 19.3 Å². The fourth-order valence-corrected chi connectivity index (χ4v) is 6.34. The Balaban J connectivity index is 4.01. The second-order valence-electron chi connectivity index (χ2n) is 15.2. The lowest BCUT2D eigenvalue weighted by Gasteiger charge is -2.18. The lowest BCUT2D eigenvalue weighted by molar-refractivity contribution is -0.161. The third kappa shape index (κ3) is 42.7. The van der Waals surface area contributed by atoms with Crippen LogP contribution in [0.15, 0.2) is 48.6 Å². The Hall–Kier alpha value is -2.32. The molecule has 0 aliphatic rings. The van der Waals surface area contributed by atoms with E-state index in [1.165, 1.54) is 83.5 Å². The van der Waals surface area contributed by atoms with Crippen molar-refractivity contribution in [1.82, 2.24) is 0 Å². The highest BCUT2D eigenvalue weighted by atomic mass is 31.2. The number of esters is 2. The first-order chi connectivity index (χ1) is 26.5. The van der Waals surface area contributed by atoms with Crippen molar-refractivity contribution in [3.63, 3.8) is 0 Å². The predicted molar refractivity (Wildman–Crippen MR) is 226 cm³/mol. The van der Waals surface area contributed by atoms with Crippen LogP contribution in [-0.2, 0) is 32.9 Å². The predicted octanol–water partition coefficient (Wildman–Crippen LogP) is 12.6. The quantitative estimate of drug-likeness (QED) is 0.0156. The van der Waals surface area contributed by atoms with E-state index >= 15 is 0 Å². The first-order valence-electron chi connectivity index (χ1n) is 21.7. The summed E-state index contributed by atoms with van der Waals surface area (Å²) in [6.45, 7) is 5.84. The molecule has 0 bridgehead atoms. The Morgan fingerprint density at radius 3 is 1.65 bits per heavy atom. The average molecular weight is 795 g/mol. The van der Waals surface area contributed by atoms with Crippen molar-refractivity contribution < 1.29 is 42.7 Å². The molecule has 0 heterocycles. The second-order valence-corrected chi connectivity index (χ2v) is 16.4. The zero-order chi connectivity index (χ0) is 40.7. The number of unbranched alkanes of at least 4 members (excludes halogenated alkanes) is 18. The SMILES string of the molecule is CCCCCC(=O)/C=C/C=C\C/C=C\C/C=C\CCCC(=O)O[C@H](COC(=O)CCCCCCCCCCCCCCCCCCC(C)C)COP(=O)(O)O. The molecule has 2 N–H and O–H groups in total. The maximum atomic E-state index is 12.4. The van der Waals surface area contributed by atoms with Gasteiger partial charge in [0.1, 0.15) is 6.61 Å². The summed E-state index contributed by atoms with van der Waals surface area (Å²) in [7, 11) is -4.78. The third-order valence-electron chi connectivity index (χ3n) is 9.25. The number of allylic oxidation sites excluding steroid dienone is 8. The number of ether oxygens (including phenoxy) is 2. The molecule has 0 rings (SSSR count). The highest BCUT2D eigenvalue weighted by Crippen LogP contribution is 2.36. The summed E-state index contributed by atoms with van der Waals surface area (Å²) in [5.74, 6) is 0.0189. The van der Waals surface area contributed by atoms with E-state index in [1.54, 1.807) is 12.2 Å². The third-order valence-corrected chi connectivity index (χ3v) is 9.74. The highest BCUT2D eigenvalue weighted by molar-refractivity contribution is 7.46. The molecule has 0 radical (unpaired) electrons. The van der Waals surface area contributed by atoms with Gasteiger partial charge in [0.25, 0.3) is 0 Å². The monoisotopic (exact) mass is 795 g/mol. The van der Waals surface area contributed by atoms with E-state index in [9.17, 15) is 18.9 Å². The molecule has 0 aromatic rings. The molecule has 0 aromatic heterocycles. The van der Waals surface area contributed by atoms with Crippen LogP contribution in [0.3, 0.4) is 0 Å². The van der Waals surface area contributed by atoms with Gasteiger partial charge >= 0.3 is 19.8 Å². The van der Waals surface area contributed by atoms with Crippen molar-refractivity contribution in [2.75, 3.05) is 13.2 Å². The molecule has 318 valence electrons. The summed E-state index contributed by atoms with van der Waals surface area (Å²) in [5, 5.41) is 0. The number of carbonyl (C=O) groups is 3. The van der Waals surface area contributed by atoms with Crippen LogP contribution in [0.2, 0.25) is 0 Å². The molecule has 9 nitrogen and oxygen atoms in total. The van der Waals surface area contributed by atoms with Crippen molar-refractivity contribution in [2.45, 2.75) is 200 Å². The standard InChI is InChI=1S/C45H79O9P/c1-4-5-29-35-42(46)36-31-26-22-18-14-12-16-20-24-28-33-38-45(48)54-43(40-53-55(49,50)51)39-52-44(47)37-32-27-23-19-15-11-9-7-6-8-10-13-17-21-25-30-34-41(2)3/h12,14,20,22,24,26,31,36,41,43H,4-11,13,15-19,21,23,25,27-30,32-35,37-40H2,1-3H3,(H2,49,50,51)/b14-12-,24-20-,26-22-,36-31+/t43-/m1/s1.